The van der Waals surface area contributed by atoms with Crippen molar-refractivity contribution in [1.82, 2.24) is 15.1 Å². The highest BCUT2D eigenvalue weighted by Gasteiger charge is 2.42. The lowest BCUT2D eigenvalue weighted by atomic mass is 9.72. The Bertz CT molecular complexity index is 879. The fourth-order valence-corrected chi connectivity index (χ4v) is 4.76. The topological polar surface area (TPSA) is 78.1 Å². The molecule has 2 aromatic heterocycles. The molecule has 1 aromatic carbocycles. The Labute approximate surface area is 155 Å². The van der Waals surface area contributed by atoms with Crippen molar-refractivity contribution in [3.8, 4) is 0 Å². The molecule has 136 valence electrons. The maximum atomic E-state index is 13.0. The van der Waals surface area contributed by atoms with Crippen LogP contribution in [0.1, 0.15) is 48.8 Å². The second kappa shape index (κ2) is 7.15. The second-order valence-electron chi connectivity index (χ2n) is 6.90. The van der Waals surface area contributed by atoms with Crippen molar-refractivity contribution in [3.63, 3.8) is 0 Å². The van der Waals surface area contributed by atoms with E-state index in [9.17, 15) is 4.79 Å². The quantitative estimate of drug-likeness (QED) is 0.625. The van der Waals surface area contributed by atoms with Gasteiger partial charge >= 0.3 is 5.97 Å². The van der Waals surface area contributed by atoms with E-state index in [4.69, 9.17) is 14.2 Å². The van der Waals surface area contributed by atoms with Crippen molar-refractivity contribution in [2.75, 3.05) is 0 Å². The van der Waals surface area contributed by atoms with Crippen LogP contribution in [0.5, 0.6) is 0 Å². The van der Waals surface area contributed by atoms with Gasteiger partial charge in [-0.25, -0.2) is 4.98 Å². The minimum absolute atomic E-state index is 0.0290. The van der Waals surface area contributed by atoms with E-state index < -0.39 is 5.41 Å². The minimum atomic E-state index is -0.499. The average molecular weight is 371 g/mol. The summed E-state index contributed by atoms with van der Waals surface area (Å²) in [4.78, 5) is 21.8. The second-order valence-corrected chi connectivity index (χ2v) is 8.02. The van der Waals surface area contributed by atoms with E-state index >= 15 is 0 Å². The average Bonchev–Trinajstić information content (AvgIpc) is 3.25. The van der Waals surface area contributed by atoms with Gasteiger partial charge in [0.25, 0.3) is 5.89 Å². The molecular formula is C19H21N3O3S. The molecule has 2 heterocycles. The number of thiazole rings is 1. The molecule has 26 heavy (non-hydrogen) atoms. The molecule has 3 aromatic rings. The zero-order valence-electron chi connectivity index (χ0n) is 14.7. The first-order valence-electron chi connectivity index (χ1n) is 8.96. The van der Waals surface area contributed by atoms with E-state index in [-0.39, 0.29) is 12.6 Å². The van der Waals surface area contributed by atoms with Crippen molar-refractivity contribution in [1.29, 1.82) is 0 Å². The van der Waals surface area contributed by atoms with Gasteiger partial charge in [0.2, 0.25) is 0 Å². The lowest BCUT2D eigenvalue weighted by Gasteiger charge is -2.34. The van der Waals surface area contributed by atoms with E-state index in [0.717, 1.165) is 47.3 Å². The Balaban J connectivity index is 1.53. The van der Waals surface area contributed by atoms with Gasteiger partial charge in [-0.05, 0) is 31.9 Å². The van der Waals surface area contributed by atoms with Crippen molar-refractivity contribution in [2.24, 2.45) is 5.41 Å². The molecule has 0 bridgehead atoms. The van der Waals surface area contributed by atoms with Crippen LogP contribution in [0, 0.1) is 12.3 Å². The summed E-state index contributed by atoms with van der Waals surface area (Å²) < 4.78 is 11.8. The van der Waals surface area contributed by atoms with Crippen LogP contribution in [0.2, 0.25) is 0 Å². The normalized spacial score (nSPS) is 16.7. The van der Waals surface area contributed by atoms with Gasteiger partial charge in [-0.1, -0.05) is 36.6 Å². The van der Waals surface area contributed by atoms with Crippen LogP contribution >= 0.6 is 11.3 Å². The van der Waals surface area contributed by atoms with Gasteiger partial charge in [0.15, 0.2) is 12.4 Å². The number of ether oxygens (including phenoxy) is 1. The molecule has 7 heteroatoms. The van der Waals surface area contributed by atoms with E-state index in [1.165, 1.54) is 0 Å². The molecular weight excluding hydrogens is 350 g/mol. The number of esters is 1. The number of aromatic nitrogens is 3. The van der Waals surface area contributed by atoms with Crippen molar-refractivity contribution in [2.45, 2.75) is 52.1 Å². The monoisotopic (exact) mass is 371 g/mol. The fourth-order valence-electron chi connectivity index (χ4n) is 3.65. The lowest BCUT2D eigenvalue weighted by molar-refractivity contribution is -0.160. The molecule has 1 fully saturated rings. The Morgan fingerprint density at radius 2 is 2.04 bits per heavy atom. The maximum Gasteiger partial charge on any atom is 0.313 e. The van der Waals surface area contributed by atoms with Gasteiger partial charge in [0.1, 0.15) is 0 Å². The Morgan fingerprint density at radius 1 is 1.23 bits per heavy atom. The predicted octanol–water partition coefficient (Wildman–Crippen LogP) is 4.22. The van der Waals surface area contributed by atoms with E-state index in [2.05, 4.69) is 16.2 Å². The van der Waals surface area contributed by atoms with Gasteiger partial charge < -0.3 is 9.26 Å². The highest BCUT2D eigenvalue weighted by molar-refractivity contribution is 7.18. The van der Waals surface area contributed by atoms with E-state index in [1.807, 2.05) is 18.2 Å². The zero-order chi connectivity index (χ0) is 18.0. The molecule has 0 radical (unpaired) electrons. The molecule has 0 atom stereocenters. The molecule has 0 saturated heterocycles. The largest absolute Gasteiger partial charge is 0.455 e. The summed E-state index contributed by atoms with van der Waals surface area (Å²) >= 11 is 1.66. The summed E-state index contributed by atoms with van der Waals surface area (Å²) in [6.45, 7) is 1.77. The standard InChI is InChI=1S/C19H21N3O3S/c1-13-20-16(25-22-13)12-24-18(23)19(9-5-2-6-10-19)11-17-21-14-7-3-4-8-15(14)26-17/h3-4,7-8H,2,5-6,9-12H2,1H3. The third-order valence-electron chi connectivity index (χ3n) is 4.97. The Hall–Kier alpha value is -2.28. The third kappa shape index (κ3) is 3.49. The molecule has 0 spiro atoms. The molecule has 4 rings (SSSR count). The van der Waals surface area contributed by atoms with Gasteiger partial charge in [-0.15, -0.1) is 11.3 Å². The minimum Gasteiger partial charge on any atom is -0.455 e. The maximum absolute atomic E-state index is 13.0. The summed E-state index contributed by atoms with van der Waals surface area (Å²) in [5, 5.41) is 4.73. The molecule has 0 amide bonds. The molecule has 1 aliphatic rings. The van der Waals surface area contributed by atoms with Crippen LogP contribution in [0.4, 0.5) is 0 Å². The first-order valence-corrected chi connectivity index (χ1v) is 9.77. The van der Waals surface area contributed by atoms with Crippen LogP contribution in [-0.4, -0.2) is 21.1 Å². The molecule has 0 N–H and O–H groups in total. The van der Waals surface area contributed by atoms with Gasteiger partial charge in [-0.3, -0.25) is 4.79 Å². The lowest BCUT2D eigenvalue weighted by Crippen LogP contribution is -2.37. The van der Waals surface area contributed by atoms with Gasteiger partial charge in [0, 0.05) is 6.42 Å². The number of benzene rings is 1. The first kappa shape index (κ1) is 17.1. The zero-order valence-corrected chi connectivity index (χ0v) is 15.6. The first-order chi connectivity index (χ1) is 12.6. The van der Waals surface area contributed by atoms with Crippen molar-refractivity contribution in [3.05, 3.63) is 41.0 Å². The summed E-state index contributed by atoms with van der Waals surface area (Å²) in [5.74, 6) is 0.701. The number of fused-ring (bicyclic) bond motifs is 1. The summed E-state index contributed by atoms with van der Waals surface area (Å²) in [6, 6.07) is 8.09. The van der Waals surface area contributed by atoms with Crippen LogP contribution in [0.25, 0.3) is 10.2 Å². The highest BCUT2D eigenvalue weighted by atomic mass is 32.1. The molecule has 0 aliphatic heterocycles. The van der Waals surface area contributed by atoms with Crippen LogP contribution in [0.15, 0.2) is 28.8 Å². The number of rotatable bonds is 5. The Kier molecular flexibility index (Phi) is 4.72. The van der Waals surface area contributed by atoms with Crippen LogP contribution in [-0.2, 0) is 22.6 Å². The number of para-hydroxylation sites is 1. The predicted molar refractivity (Wildman–Crippen MR) is 97.7 cm³/mol. The highest BCUT2D eigenvalue weighted by Crippen LogP contribution is 2.41. The molecule has 1 aliphatic carbocycles. The summed E-state index contributed by atoms with van der Waals surface area (Å²) in [5.41, 5.74) is 0.495. The van der Waals surface area contributed by atoms with Crippen LogP contribution < -0.4 is 0 Å². The Morgan fingerprint density at radius 3 is 2.77 bits per heavy atom. The van der Waals surface area contributed by atoms with Crippen molar-refractivity contribution >= 4 is 27.5 Å². The molecule has 0 unspecified atom stereocenters. The van der Waals surface area contributed by atoms with Gasteiger partial charge in [0.05, 0.1) is 20.6 Å². The third-order valence-corrected chi connectivity index (χ3v) is 6.00. The molecule has 6 nitrogen and oxygen atoms in total. The number of carbonyl (C=O) groups excluding carboxylic acids is 1. The number of nitrogens with zero attached hydrogens (tertiary/aromatic N) is 3. The SMILES string of the molecule is Cc1noc(COC(=O)C2(Cc3nc4ccccc4s3)CCCCC2)n1. The fraction of sp³-hybridized carbons (Fsp3) is 0.474. The van der Waals surface area contributed by atoms with Crippen LogP contribution in [0.3, 0.4) is 0 Å². The summed E-state index contributed by atoms with van der Waals surface area (Å²) in [7, 11) is 0. The smallest absolute Gasteiger partial charge is 0.313 e. The van der Waals surface area contributed by atoms with Gasteiger partial charge in [-0.2, -0.15) is 4.98 Å². The number of hydrogen-bond acceptors (Lipinski definition) is 7. The molecule has 1 saturated carbocycles. The summed E-state index contributed by atoms with van der Waals surface area (Å²) in [6.07, 6.45) is 5.56. The van der Waals surface area contributed by atoms with Crippen molar-refractivity contribution < 1.29 is 14.1 Å². The van der Waals surface area contributed by atoms with E-state index in [1.54, 1.807) is 18.3 Å². The number of hydrogen-bond donors (Lipinski definition) is 0. The number of carbonyl (C=O) groups is 1. The number of aryl methyl sites for hydroxylation is 1. The van der Waals surface area contributed by atoms with E-state index in [0.29, 0.717) is 18.1 Å².